The number of benzene rings is 1. The Morgan fingerprint density at radius 3 is 2.61 bits per heavy atom. The molecule has 0 aliphatic heterocycles. The highest BCUT2D eigenvalue weighted by molar-refractivity contribution is 8.13. The van der Waals surface area contributed by atoms with Crippen LogP contribution in [-0.2, 0) is 4.84 Å². The van der Waals surface area contributed by atoms with Crippen LogP contribution in [0, 0.1) is 13.8 Å². The van der Waals surface area contributed by atoms with E-state index in [4.69, 9.17) is 4.84 Å². The van der Waals surface area contributed by atoms with Crippen LogP contribution in [0.4, 0.5) is 10.5 Å². The Balaban J connectivity index is 2.56. The molecule has 0 saturated carbocycles. The van der Waals surface area contributed by atoms with Gasteiger partial charge in [0.15, 0.2) is 0 Å². The largest absolute Gasteiger partial charge is 0.447 e. The summed E-state index contributed by atoms with van der Waals surface area (Å²) in [4.78, 5) is 21.0. The van der Waals surface area contributed by atoms with Gasteiger partial charge in [-0.25, -0.2) is 14.1 Å². The van der Waals surface area contributed by atoms with E-state index in [1.807, 2.05) is 32.2 Å². The molecule has 0 spiro atoms. The Bertz CT molecular complexity index is 605. The van der Waals surface area contributed by atoms with Crippen molar-refractivity contribution in [2.75, 3.05) is 20.4 Å². The lowest BCUT2D eigenvalue weighted by atomic mass is 10.1. The minimum atomic E-state index is -0.546. The molecular weight excluding hydrogens is 332 g/mol. The SMILES string of the molecule is CS/C(C)=N\OC(=O)N(C)SN(C)C=Nc1ccc(C)cc1C. The van der Waals surface area contributed by atoms with Gasteiger partial charge in [0, 0.05) is 14.1 Å². The van der Waals surface area contributed by atoms with E-state index >= 15 is 0 Å². The van der Waals surface area contributed by atoms with Gasteiger partial charge in [-0.2, -0.15) is 0 Å². The molecule has 6 nitrogen and oxygen atoms in total. The van der Waals surface area contributed by atoms with Crippen LogP contribution >= 0.6 is 23.9 Å². The fourth-order valence-electron chi connectivity index (χ4n) is 1.54. The van der Waals surface area contributed by atoms with Crippen molar-refractivity contribution in [2.24, 2.45) is 10.1 Å². The highest BCUT2D eigenvalue weighted by atomic mass is 32.2. The van der Waals surface area contributed by atoms with Crippen molar-refractivity contribution in [3.05, 3.63) is 29.3 Å². The average Bonchev–Trinajstić information content (AvgIpc) is 2.51. The molecule has 0 N–H and O–H groups in total. The minimum Gasteiger partial charge on any atom is -0.296 e. The summed E-state index contributed by atoms with van der Waals surface area (Å²) in [6.07, 6.45) is 2.97. The Hall–Kier alpha value is -1.67. The monoisotopic (exact) mass is 354 g/mol. The zero-order chi connectivity index (χ0) is 17.4. The molecule has 1 amide bonds. The fourth-order valence-corrected chi connectivity index (χ4v) is 2.23. The first-order valence-corrected chi connectivity index (χ1v) is 8.84. The second-order valence-corrected chi connectivity index (χ2v) is 7.12. The lowest BCUT2D eigenvalue weighted by Crippen LogP contribution is -2.24. The van der Waals surface area contributed by atoms with Crippen LogP contribution in [0.25, 0.3) is 0 Å². The van der Waals surface area contributed by atoms with Crippen LogP contribution in [0.5, 0.6) is 0 Å². The third-order valence-electron chi connectivity index (χ3n) is 2.77. The zero-order valence-electron chi connectivity index (χ0n) is 14.2. The van der Waals surface area contributed by atoms with Gasteiger partial charge in [-0.3, -0.25) is 9.14 Å². The van der Waals surface area contributed by atoms with Gasteiger partial charge in [0.2, 0.25) is 0 Å². The number of thioether (sulfide) groups is 1. The zero-order valence-corrected chi connectivity index (χ0v) is 15.9. The number of aryl methyl sites for hydroxylation is 2. The van der Waals surface area contributed by atoms with Crippen molar-refractivity contribution in [3.63, 3.8) is 0 Å². The van der Waals surface area contributed by atoms with Crippen molar-refractivity contribution in [3.8, 4) is 0 Å². The van der Waals surface area contributed by atoms with Gasteiger partial charge in [0.1, 0.15) is 11.4 Å². The molecule has 1 aromatic rings. The quantitative estimate of drug-likeness (QED) is 0.260. The van der Waals surface area contributed by atoms with E-state index < -0.39 is 6.09 Å². The molecule has 126 valence electrons. The highest BCUT2D eigenvalue weighted by Gasteiger charge is 2.13. The molecule has 1 rings (SSSR count). The molecule has 0 aliphatic rings. The summed E-state index contributed by atoms with van der Waals surface area (Å²) in [7, 11) is 3.41. The molecule has 0 unspecified atom stereocenters. The van der Waals surface area contributed by atoms with Gasteiger partial charge < -0.3 is 0 Å². The van der Waals surface area contributed by atoms with E-state index in [-0.39, 0.29) is 0 Å². The third kappa shape index (κ3) is 6.96. The number of nitrogens with zero attached hydrogens (tertiary/aromatic N) is 4. The number of amides is 1. The topological polar surface area (TPSA) is 57.5 Å². The molecule has 0 heterocycles. The molecule has 1 aromatic carbocycles. The number of hydrogen-bond donors (Lipinski definition) is 0. The number of oxime groups is 1. The van der Waals surface area contributed by atoms with E-state index in [0.717, 1.165) is 23.4 Å². The smallest absolute Gasteiger partial charge is 0.296 e. The Morgan fingerprint density at radius 1 is 1.30 bits per heavy atom. The first-order valence-electron chi connectivity index (χ1n) is 6.89. The molecule has 0 atom stereocenters. The van der Waals surface area contributed by atoms with Crippen molar-refractivity contribution >= 4 is 47.1 Å². The van der Waals surface area contributed by atoms with Gasteiger partial charge in [-0.15, -0.1) is 11.8 Å². The van der Waals surface area contributed by atoms with Crippen molar-refractivity contribution in [1.82, 2.24) is 8.61 Å². The fraction of sp³-hybridized carbons (Fsp3) is 0.400. The van der Waals surface area contributed by atoms with Crippen LogP contribution in [0.1, 0.15) is 18.1 Å². The van der Waals surface area contributed by atoms with E-state index in [1.165, 1.54) is 21.6 Å². The molecule has 0 saturated heterocycles. The summed E-state index contributed by atoms with van der Waals surface area (Å²) in [5, 5.41) is 4.39. The maximum Gasteiger partial charge on any atom is 0.447 e. The van der Waals surface area contributed by atoms with Gasteiger partial charge in [0.05, 0.1) is 17.8 Å². The summed E-state index contributed by atoms with van der Waals surface area (Å²) in [5.74, 6) is 0. The molecule has 23 heavy (non-hydrogen) atoms. The highest BCUT2D eigenvalue weighted by Crippen LogP contribution is 2.20. The second-order valence-electron chi connectivity index (χ2n) is 4.83. The Morgan fingerprint density at radius 2 is 2.00 bits per heavy atom. The standard InChI is InChI=1S/C15H22N4O2S2/c1-11-7-8-14(12(2)9-11)16-10-18(4)23-19(5)15(20)21-17-13(3)22-6/h7-10H,1-6H3/b16-10?,17-13-. The predicted molar refractivity (Wildman–Crippen MR) is 100 cm³/mol. The van der Waals surface area contributed by atoms with E-state index in [0.29, 0.717) is 5.04 Å². The predicted octanol–water partition coefficient (Wildman–Crippen LogP) is 4.22. The third-order valence-corrected chi connectivity index (χ3v) is 4.18. The summed E-state index contributed by atoms with van der Waals surface area (Å²) < 4.78 is 3.05. The van der Waals surface area contributed by atoms with Crippen LogP contribution in [0.3, 0.4) is 0 Å². The summed E-state index contributed by atoms with van der Waals surface area (Å²) in [5.41, 5.74) is 3.20. The first-order chi connectivity index (χ1) is 10.8. The van der Waals surface area contributed by atoms with Crippen molar-refractivity contribution < 1.29 is 9.63 Å². The second kappa shape index (κ2) is 9.46. The minimum absolute atomic E-state index is 0.546. The normalized spacial score (nSPS) is 11.7. The first kappa shape index (κ1) is 19.4. The van der Waals surface area contributed by atoms with Gasteiger partial charge in [0.25, 0.3) is 0 Å². The van der Waals surface area contributed by atoms with Crippen LogP contribution in [0.15, 0.2) is 28.3 Å². The Labute approximate surface area is 146 Å². The van der Waals surface area contributed by atoms with E-state index in [2.05, 4.69) is 16.2 Å². The van der Waals surface area contributed by atoms with Crippen LogP contribution in [0.2, 0.25) is 0 Å². The van der Waals surface area contributed by atoms with Gasteiger partial charge >= 0.3 is 6.09 Å². The van der Waals surface area contributed by atoms with Crippen LogP contribution in [-0.4, -0.2) is 46.4 Å². The van der Waals surface area contributed by atoms with E-state index in [1.54, 1.807) is 31.7 Å². The molecule has 0 bridgehead atoms. The number of carbonyl (C=O) groups excluding carboxylic acids is 1. The van der Waals surface area contributed by atoms with E-state index in [9.17, 15) is 4.79 Å². The lowest BCUT2D eigenvalue weighted by molar-refractivity contribution is 0.137. The van der Waals surface area contributed by atoms with Crippen molar-refractivity contribution in [1.29, 1.82) is 0 Å². The molecule has 0 fully saturated rings. The number of aliphatic imine (C=N–C) groups is 1. The average molecular weight is 355 g/mol. The van der Waals surface area contributed by atoms with Gasteiger partial charge in [-0.05, 0) is 38.7 Å². The number of rotatable bonds is 5. The Kier molecular flexibility index (Phi) is 7.97. The summed E-state index contributed by atoms with van der Waals surface area (Å²) >= 11 is 2.58. The number of carbonyl (C=O) groups is 1. The molecule has 0 radical (unpaired) electrons. The number of hydrogen-bond acceptors (Lipinski definition) is 6. The maximum atomic E-state index is 11.8. The lowest BCUT2D eigenvalue weighted by Gasteiger charge is -2.18. The molecule has 8 heteroatoms. The molecular formula is C15H22N4O2S2. The molecule has 0 aromatic heterocycles. The maximum absolute atomic E-state index is 11.8. The van der Waals surface area contributed by atoms with Crippen molar-refractivity contribution in [2.45, 2.75) is 20.8 Å². The summed E-state index contributed by atoms with van der Waals surface area (Å²) in [6, 6.07) is 6.06. The summed E-state index contributed by atoms with van der Waals surface area (Å²) in [6.45, 7) is 5.83. The van der Waals surface area contributed by atoms with Crippen LogP contribution < -0.4 is 0 Å². The molecule has 0 aliphatic carbocycles. The van der Waals surface area contributed by atoms with Gasteiger partial charge in [-0.1, -0.05) is 22.9 Å².